The quantitative estimate of drug-likeness (QED) is 0.704. The molecule has 1 aliphatic heterocycles. The number of nitrogens with one attached hydrogen (secondary N) is 1. The molecular weight excluding hydrogens is 306 g/mol. The average Bonchev–Trinajstić information content (AvgIpc) is 3.10. The molecule has 0 aliphatic carbocycles. The molecule has 1 N–H and O–H groups in total. The number of piperidine rings is 1. The lowest BCUT2D eigenvalue weighted by Gasteiger charge is -2.30. The van der Waals surface area contributed by atoms with Gasteiger partial charge in [0.15, 0.2) is 0 Å². The number of likely N-dealkylation sites (tertiary alicyclic amines) is 1. The second-order valence-corrected chi connectivity index (χ2v) is 6.60. The number of amides is 2. The van der Waals surface area contributed by atoms with Gasteiger partial charge in [-0.2, -0.15) is 0 Å². The predicted molar refractivity (Wildman–Crippen MR) is 93.8 cm³/mol. The van der Waals surface area contributed by atoms with E-state index < -0.39 is 0 Å². The molecule has 0 aromatic carbocycles. The minimum absolute atomic E-state index is 0.0595. The second kappa shape index (κ2) is 10.4. The molecule has 24 heavy (non-hydrogen) atoms. The molecule has 2 rings (SSSR count). The van der Waals surface area contributed by atoms with Gasteiger partial charge in [0.05, 0.1) is 19.4 Å². The van der Waals surface area contributed by atoms with Crippen LogP contribution in [0.15, 0.2) is 22.8 Å². The fourth-order valence-corrected chi connectivity index (χ4v) is 2.94. The van der Waals surface area contributed by atoms with Gasteiger partial charge in [0.1, 0.15) is 5.76 Å². The summed E-state index contributed by atoms with van der Waals surface area (Å²) in [7, 11) is 1.64. The summed E-state index contributed by atoms with van der Waals surface area (Å²) in [5, 5.41) is 3.02. The summed E-state index contributed by atoms with van der Waals surface area (Å²) < 4.78 is 10.4. The smallest absolute Gasteiger partial charge is 0.317 e. The number of methoxy groups -OCH3 is 1. The fourth-order valence-electron chi connectivity index (χ4n) is 2.94. The van der Waals surface area contributed by atoms with E-state index in [0.717, 1.165) is 24.6 Å². The molecule has 0 saturated carbocycles. The lowest BCUT2D eigenvalue weighted by atomic mass is 9.99. The Bertz CT molecular complexity index is 456. The van der Waals surface area contributed by atoms with E-state index in [1.54, 1.807) is 18.3 Å². The molecule has 0 bridgehead atoms. The Balaban J connectivity index is 1.67. The molecule has 1 aromatic heterocycles. The number of hydrogen-bond acceptors (Lipinski definition) is 4. The van der Waals surface area contributed by atoms with Crippen molar-refractivity contribution in [2.45, 2.75) is 32.7 Å². The molecule has 6 heteroatoms. The molecule has 0 radical (unpaired) electrons. The van der Waals surface area contributed by atoms with Gasteiger partial charge in [-0.05, 0) is 56.9 Å². The molecule has 0 unspecified atom stereocenters. The van der Waals surface area contributed by atoms with Crippen LogP contribution in [0.2, 0.25) is 0 Å². The Morgan fingerprint density at radius 3 is 2.92 bits per heavy atom. The maximum atomic E-state index is 12.4. The van der Waals surface area contributed by atoms with Gasteiger partial charge in [-0.15, -0.1) is 0 Å². The van der Waals surface area contributed by atoms with E-state index in [1.165, 1.54) is 25.9 Å². The van der Waals surface area contributed by atoms with Crippen LogP contribution in [0.5, 0.6) is 0 Å². The molecule has 2 amide bonds. The van der Waals surface area contributed by atoms with Crippen molar-refractivity contribution in [3.05, 3.63) is 24.2 Å². The van der Waals surface area contributed by atoms with Crippen molar-refractivity contribution in [2.75, 3.05) is 46.4 Å². The lowest BCUT2D eigenvalue weighted by molar-refractivity contribution is 0.142. The number of ether oxygens (including phenoxy) is 1. The molecule has 0 spiro atoms. The molecule has 1 aliphatic rings. The van der Waals surface area contributed by atoms with E-state index in [2.05, 4.69) is 17.1 Å². The highest BCUT2D eigenvalue weighted by atomic mass is 16.5. The monoisotopic (exact) mass is 337 g/mol. The van der Waals surface area contributed by atoms with Crippen LogP contribution in [0, 0.1) is 5.92 Å². The first-order chi connectivity index (χ1) is 11.7. The van der Waals surface area contributed by atoms with Gasteiger partial charge in [0.2, 0.25) is 0 Å². The zero-order valence-electron chi connectivity index (χ0n) is 15.0. The van der Waals surface area contributed by atoms with Gasteiger partial charge >= 0.3 is 6.03 Å². The van der Waals surface area contributed by atoms with Gasteiger partial charge in [-0.1, -0.05) is 6.92 Å². The molecule has 6 nitrogen and oxygen atoms in total. The predicted octanol–water partition coefficient (Wildman–Crippen LogP) is 2.56. The largest absolute Gasteiger partial charge is 0.467 e. The molecule has 2 heterocycles. The average molecular weight is 337 g/mol. The third-order valence-corrected chi connectivity index (χ3v) is 4.58. The fraction of sp³-hybridized carbons (Fsp3) is 0.722. The maximum Gasteiger partial charge on any atom is 0.317 e. The van der Waals surface area contributed by atoms with Crippen LogP contribution < -0.4 is 5.32 Å². The second-order valence-electron chi connectivity index (χ2n) is 6.60. The van der Waals surface area contributed by atoms with E-state index >= 15 is 0 Å². The third-order valence-electron chi connectivity index (χ3n) is 4.58. The van der Waals surface area contributed by atoms with Gasteiger partial charge in [0.25, 0.3) is 0 Å². The van der Waals surface area contributed by atoms with Crippen molar-refractivity contribution in [3.8, 4) is 0 Å². The van der Waals surface area contributed by atoms with Gasteiger partial charge in [-0.3, -0.25) is 0 Å². The first-order valence-electron chi connectivity index (χ1n) is 8.95. The van der Waals surface area contributed by atoms with Gasteiger partial charge in [-0.25, -0.2) is 4.79 Å². The molecular formula is C18H31N3O3. The summed E-state index contributed by atoms with van der Waals surface area (Å²) in [6, 6.07) is 3.65. The number of carbonyl (C=O) groups is 1. The summed E-state index contributed by atoms with van der Waals surface area (Å²) in [6.07, 6.45) is 5.20. The SMILES string of the molecule is COCCN(Cc1ccco1)C(=O)NCCCN1CCC(C)CC1. The minimum atomic E-state index is -0.0595. The van der Waals surface area contributed by atoms with Crippen LogP contribution in [0.4, 0.5) is 4.79 Å². The lowest BCUT2D eigenvalue weighted by Crippen LogP contribution is -2.42. The molecule has 0 atom stereocenters. The van der Waals surface area contributed by atoms with Crippen molar-refractivity contribution in [1.82, 2.24) is 15.1 Å². The third kappa shape index (κ3) is 6.53. The van der Waals surface area contributed by atoms with Crippen LogP contribution in [-0.4, -0.2) is 62.3 Å². The summed E-state index contributed by atoms with van der Waals surface area (Å²) in [5.74, 6) is 1.64. The maximum absolute atomic E-state index is 12.4. The van der Waals surface area contributed by atoms with Crippen LogP contribution in [0.3, 0.4) is 0 Å². The Morgan fingerprint density at radius 2 is 2.25 bits per heavy atom. The first kappa shape index (κ1) is 18.8. The Kier molecular flexibility index (Phi) is 8.12. The van der Waals surface area contributed by atoms with E-state index in [1.807, 2.05) is 12.1 Å². The van der Waals surface area contributed by atoms with E-state index in [-0.39, 0.29) is 6.03 Å². The summed E-state index contributed by atoms with van der Waals surface area (Å²) in [5.41, 5.74) is 0. The van der Waals surface area contributed by atoms with Crippen molar-refractivity contribution in [1.29, 1.82) is 0 Å². The van der Waals surface area contributed by atoms with Crippen molar-refractivity contribution in [3.63, 3.8) is 0 Å². The van der Waals surface area contributed by atoms with Crippen LogP contribution >= 0.6 is 0 Å². The van der Waals surface area contributed by atoms with Crippen LogP contribution in [0.25, 0.3) is 0 Å². The number of hydrogen-bond donors (Lipinski definition) is 1. The Hall–Kier alpha value is -1.53. The van der Waals surface area contributed by atoms with Crippen LogP contribution in [-0.2, 0) is 11.3 Å². The standard InChI is InChI=1S/C18H31N3O3/c1-16-6-10-20(11-7-16)9-4-8-19-18(22)21(12-14-23-2)15-17-5-3-13-24-17/h3,5,13,16H,4,6-12,14-15H2,1-2H3,(H,19,22). The molecule has 1 saturated heterocycles. The number of carbonyl (C=O) groups excluding carboxylic acids is 1. The van der Waals surface area contributed by atoms with Crippen molar-refractivity contribution >= 4 is 6.03 Å². The number of furan rings is 1. The van der Waals surface area contributed by atoms with E-state index in [9.17, 15) is 4.79 Å². The van der Waals surface area contributed by atoms with E-state index in [0.29, 0.717) is 26.2 Å². The number of nitrogens with zero attached hydrogens (tertiary/aromatic N) is 2. The first-order valence-corrected chi connectivity index (χ1v) is 8.95. The molecule has 136 valence electrons. The van der Waals surface area contributed by atoms with Crippen molar-refractivity contribution in [2.24, 2.45) is 5.92 Å². The number of rotatable bonds is 9. The van der Waals surface area contributed by atoms with E-state index in [4.69, 9.17) is 9.15 Å². The summed E-state index contributed by atoms with van der Waals surface area (Å²) in [6.45, 7) is 7.99. The normalized spacial score (nSPS) is 16.2. The summed E-state index contributed by atoms with van der Waals surface area (Å²) in [4.78, 5) is 16.6. The zero-order chi connectivity index (χ0) is 17.2. The molecule has 1 fully saturated rings. The van der Waals surface area contributed by atoms with Crippen LogP contribution in [0.1, 0.15) is 31.9 Å². The number of urea groups is 1. The summed E-state index contributed by atoms with van der Waals surface area (Å²) >= 11 is 0. The van der Waals surface area contributed by atoms with Crippen molar-refractivity contribution < 1.29 is 13.9 Å². The highest BCUT2D eigenvalue weighted by Crippen LogP contribution is 2.15. The highest BCUT2D eigenvalue weighted by Gasteiger charge is 2.16. The highest BCUT2D eigenvalue weighted by molar-refractivity contribution is 5.74. The van der Waals surface area contributed by atoms with Gasteiger partial charge < -0.3 is 24.3 Å². The Labute approximate surface area is 145 Å². The minimum Gasteiger partial charge on any atom is -0.467 e. The zero-order valence-corrected chi connectivity index (χ0v) is 15.0. The molecule has 1 aromatic rings. The van der Waals surface area contributed by atoms with Gasteiger partial charge in [0, 0.05) is 20.2 Å². The Morgan fingerprint density at radius 1 is 1.46 bits per heavy atom. The topological polar surface area (TPSA) is 58.0 Å².